The lowest BCUT2D eigenvalue weighted by Crippen LogP contribution is -2.39. The van der Waals surface area contributed by atoms with Crippen molar-refractivity contribution >= 4 is 39.0 Å². The van der Waals surface area contributed by atoms with Gasteiger partial charge < -0.3 is 26.0 Å². The van der Waals surface area contributed by atoms with Gasteiger partial charge in [0.05, 0.1) is 12.3 Å². The number of nitrogens with one attached hydrogen (secondary N) is 2. The summed E-state index contributed by atoms with van der Waals surface area (Å²) in [5.41, 5.74) is 9.79. The molecule has 2 aliphatic rings. The molecule has 3 aromatic rings. The summed E-state index contributed by atoms with van der Waals surface area (Å²) in [7, 11) is 1.63. The number of likely N-dealkylation sites (N-methyl/N-ethyl adjacent to an activating group) is 1. The number of hydrogen-bond acceptors (Lipinski definition) is 8. The molecule has 1 aliphatic heterocycles. The fraction of sp³-hybridized carbons (Fsp3) is 0.480. The van der Waals surface area contributed by atoms with E-state index in [9.17, 15) is 4.79 Å². The van der Waals surface area contributed by atoms with E-state index in [2.05, 4.69) is 26.6 Å². The van der Waals surface area contributed by atoms with Crippen LogP contribution >= 0.6 is 11.3 Å². The second-order valence-corrected chi connectivity index (χ2v) is 10.2. The Balaban J connectivity index is 1.25. The Kier molecular flexibility index (Phi) is 5.45. The van der Waals surface area contributed by atoms with Crippen molar-refractivity contribution in [2.24, 2.45) is 5.92 Å². The number of anilines is 2. The molecule has 4 heterocycles. The molecule has 3 atom stereocenters. The Hall–Kier alpha value is -2.75. The van der Waals surface area contributed by atoms with Crippen LogP contribution in [0.25, 0.3) is 10.2 Å². The molecule has 4 N–H and O–H groups in total. The highest BCUT2D eigenvalue weighted by Gasteiger charge is 2.33. The number of carbonyl (C=O) groups is 1. The van der Waals surface area contributed by atoms with Crippen molar-refractivity contribution in [3.63, 3.8) is 0 Å². The molecular weight excluding hydrogens is 448 g/mol. The number of carbonyl (C=O) groups excluding carboxylic acids is 1. The van der Waals surface area contributed by atoms with Gasteiger partial charge in [-0.05, 0) is 56.9 Å². The van der Waals surface area contributed by atoms with Crippen LogP contribution in [0.1, 0.15) is 37.2 Å². The van der Waals surface area contributed by atoms with E-state index < -0.39 is 6.98 Å². The summed E-state index contributed by atoms with van der Waals surface area (Å²) < 4.78 is 28.1. The number of pyridine rings is 2. The molecule has 34 heavy (non-hydrogen) atoms. The van der Waals surface area contributed by atoms with Crippen LogP contribution in [0, 0.1) is 12.8 Å². The molecule has 0 aromatic carbocycles. The lowest BCUT2D eigenvalue weighted by molar-refractivity contribution is 0.0938. The minimum atomic E-state index is -2.20. The molecule has 3 aromatic heterocycles. The molecule has 0 radical (unpaired) electrons. The highest BCUT2D eigenvalue weighted by atomic mass is 32.1. The molecule has 5 rings (SSSR count). The first-order valence-corrected chi connectivity index (χ1v) is 12.4. The average Bonchev–Trinajstić information content (AvgIpc) is 3.38. The summed E-state index contributed by atoms with van der Waals surface area (Å²) in [5, 5.41) is 6.74. The maximum atomic E-state index is 13.1. The third-order valence-electron chi connectivity index (χ3n) is 6.86. The molecule has 1 saturated heterocycles. The van der Waals surface area contributed by atoms with Crippen molar-refractivity contribution in [2.45, 2.75) is 38.3 Å². The van der Waals surface area contributed by atoms with Crippen molar-refractivity contribution in [1.29, 1.82) is 0 Å². The summed E-state index contributed by atoms with van der Waals surface area (Å²) in [5.74, 6) is 0.742. The Labute approximate surface area is 208 Å². The monoisotopic (exact) mass is 483 g/mol. The third-order valence-corrected chi connectivity index (χ3v) is 7.97. The lowest BCUT2D eigenvalue weighted by Gasteiger charge is -2.26. The maximum Gasteiger partial charge on any atom is 0.263 e. The van der Waals surface area contributed by atoms with Crippen LogP contribution in [0.4, 0.5) is 11.5 Å². The van der Waals surface area contributed by atoms with Crippen molar-refractivity contribution in [2.75, 3.05) is 44.4 Å². The molecule has 8 nitrogen and oxygen atoms in total. The van der Waals surface area contributed by atoms with Gasteiger partial charge in [-0.25, -0.2) is 9.97 Å². The first kappa shape index (κ1) is 19.5. The van der Waals surface area contributed by atoms with Gasteiger partial charge in [0.1, 0.15) is 15.5 Å². The molecule has 0 bridgehead atoms. The number of aromatic nitrogens is 2. The quantitative estimate of drug-likeness (QED) is 0.495. The van der Waals surface area contributed by atoms with Gasteiger partial charge in [-0.2, -0.15) is 0 Å². The van der Waals surface area contributed by atoms with E-state index in [1.807, 2.05) is 25.1 Å². The fourth-order valence-electron chi connectivity index (χ4n) is 5.01. The van der Waals surface area contributed by atoms with Crippen LogP contribution < -0.4 is 21.3 Å². The van der Waals surface area contributed by atoms with Crippen molar-refractivity contribution in [3.05, 3.63) is 46.1 Å². The van der Waals surface area contributed by atoms with Crippen LogP contribution in [0.3, 0.4) is 0 Å². The van der Waals surface area contributed by atoms with Gasteiger partial charge in [0.25, 0.3) is 5.91 Å². The topological polar surface area (TPSA) is 105 Å². The van der Waals surface area contributed by atoms with Gasteiger partial charge in [-0.15, -0.1) is 11.3 Å². The van der Waals surface area contributed by atoms with E-state index in [1.165, 1.54) is 11.3 Å². The van der Waals surface area contributed by atoms with Crippen LogP contribution in [-0.4, -0.2) is 61.7 Å². The van der Waals surface area contributed by atoms with Gasteiger partial charge in [0, 0.05) is 59.1 Å². The molecule has 9 heteroatoms. The number of hydrogen-bond donors (Lipinski definition) is 3. The molecule has 1 amide bonds. The molecule has 0 saturated carbocycles. The van der Waals surface area contributed by atoms with Gasteiger partial charge >= 0.3 is 0 Å². The highest BCUT2D eigenvalue weighted by Crippen LogP contribution is 2.33. The molecule has 1 aliphatic carbocycles. The Morgan fingerprint density at radius 3 is 3.03 bits per heavy atom. The van der Waals surface area contributed by atoms with Crippen LogP contribution in [-0.2, 0) is 17.6 Å². The summed E-state index contributed by atoms with van der Waals surface area (Å²) in [4.78, 5) is 25.9. The fourth-order valence-corrected chi connectivity index (χ4v) is 6.06. The third kappa shape index (κ3) is 4.35. The van der Waals surface area contributed by atoms with E-state index in [1.54, 1.807) is 7.11 Å². The number of thiophene rings is 1. The van der Waals surface area contributed by atoms with Gasteiger partial charge in [0.2, 0.25) is 0 Å². The van der Waals surface area contributed by atoms with E-state index in [-0.39, 0.29) is 23.9 Å². The SMILES string of the molecule is [2H]C([2H])([2H])N[C@H]1CN(c2ccc3c(n2)CC[C@H](NC(=O)c2sc4nc(C)ccc4c2N)C3)C[C@@H]1COC. The molecule has 0 unspecified atom stereocenters. The zero-order chi connectivity index (χ0) is 26.3. The predicted molar refractivity (Wildman–Crippen MR) is 137 cm³/mol. The summed E-state index contributed by atoms with van der Waals surface area (Å²) >= 11 is 1.33. The van der Waals surface area contributed by atoms with Gasteiger partial charge in [-0.3, -0.25) is 4.79 Å². The van der Waals surface area contributed by atoms with E-state index in [4.69, 9.17) is 19.6 Å². The number of aryl methyl sites for hydroxylation is 2. The van der Waals surface area contributed by atoms with Crippen molar-refractivity contribution < 1.29 is 13.6 Å². The van der Waals surface area contributed by atoms with Crippen LogP contribution in [0.15, 0.2) is 24.3 Å². The number of ether oxygens (including phenoxy) is 1. The molecule has 180 valence electrons. The Morgan fingerprint density at radius 2 is 2.21 bits per heavy atom. The number of rotatable bonds is 6. The highest BCUT2D eigenvalue weighted by molar-refractivity contribution is 7.21. The summed E-state index contributed by atoms with van der Waals surface area (Å²) in [6.07, 6.45) is 2.24. The number of nitrogens with two attached hydrogens (primary N) is 1. The standard InChI is InChI=1S/C25H32N6O2S/c1-14-4-7-18-22(26)23(34-25(18)28-14)24(32)29-17-6-8-19-15(10-17)5-9-21(30-19)31-11-16(13-33-3)20(12-31)27-2/h4-5,7,9,16-17,20,27H,6,8,10-13,26H2,1-3H3,(H,29,32)/t16-,17+,20+/m1/s1/i2D3. The number of amides is 1. The molecule has 0 spiro atoms. The van der Waals surface area contributed by atoms with E-state index >= 15 is 0 Å². The Bertz CT molecular complexity index is 1310. The molecular formula is C25H32N6O2S. The Morgan fingerprint density at radius 1 is 1.32 bits per heavy atom. The first-order valence-electron chi connectivity index (χ1n) is 13.1. The number of fused-ring (bicyclic) bond motifs is 2. The zero-order valence-electron chi connectivity index (χ0n) is 22.4. The minimum absolute atomic E-state index is 0.00214. The largest absolute Gasteiger partial charge is 0.397 e. The van der Waals surface area contributed by atoms with E-state index in [0.717, 1.165) is 45.8 Å². The minimum Gasteiger partial charge on any atom is -0.397 e. The lowest BCUT2D eigenvalue weighted by atomic mass is 9.91. The summed E-state index contributed by atoms with van der Waals surface area (Å²) in [6.45, 7) is 1.43. The van der Waals surface area contributed by atoms with Gasteiger partial charge in [-0.1, -0.05) is 6.07 Å². The zero-order valence-corrected chi connectivity index (χ0v) is 20.2. The maximum absolute atomic E-state index is 13.1. The smallest absolute Gasteiger partial charge is 0.263 e. The first-order chi connectivity index (χ1) is 17.6. The van der Waals surface area contributed by atoms with Gasteiger partial charge in [0.15, 0.2) is 0 Å². The predicted octanol–water partition coefficient (Wildman–Crippen LogP) is 2.54. The molecule has 1 fully saturated rings. The summed E-state index contributed by atoms with van der Waals surface area (Å²) in [6, 6.07) is 7.67. The number of nitrogen functional groups attached to an aromatic ring is 1. The van der Waals surface area contributed by atoms with Crippen molar-refractivity contribution in [1.82, 2.24) is 20.6 Å². The van der Waals surface area contributed by atoms with E-state index in [0.29, 0.717) is 36.7 Å². The van der Waals surface area contributed by atoms with Crippen LogP contribution in [0.2, 0.25) is 0 Å². The number of methoxy groups -OCH3 is 1. The second kappa shape index (κ2) is 9.48. The number of nitrogens with zero attached hydrogens (tertiary/aromatic N) is 3. The van der Waals surface area contributed by atoms with Crippen LogP contribution in [0.5, 0.6) is 0 Å². The van der Waals surface area contributed by atoms with Crippen molar-refractivity contribution in [3.8, 4) is 0 Å². The average molecular weight is 484 g/mol. The second-order valence-electron chi connectivity index (χ2n) is 9.21. The normalized spacial score (nSPS) is 23.9.